The maximum absolute atomic E-state index is 14.2. The van der Waals surface area contributed by atoms with Gasteiger partial charge in [0.2, 0.25) is 0 Å². The van der Waals surface area contributed by atoms with E-state index in [-0.39, 0.29) is 12.1 Å². The van der Waals surface area contributed by atoms with Crippen LogP contribution in [0.15, 0.2) is 42.5 Å². The Hall–Kier alpha value is -3.17. The first kappa shape index (κ1) is 20.6. The van der Waals surface area contributed by atoms with Crippen LogP contribution in [-0.2, 0) is 6.11 Å². The summed E-state index contributed by atoms with van der Waals surface area (Å²) in [5, 5.41) is 0. The molecule has 0 bridgehead atoms. The van der Waals surface area contributed by atoms with Crippen LogP contribution in [0.4, 0.5) is 39.5 Å². The molecule has 3 rings (SSSR count). The number of alkyl halides is 2. The predicted octanol–water partition coefficient (Wildman–Crippen LogP) is 6.46. The minimum atomic E-state index is -4.77. The highest BCUT2D eigenvalue weighted by molar-refractivity contribution is 5.65. The van der Waals surface area contributed by atoms with E-state index in [9.17, 15) is 39.5 Å². The Morgan fingerprint density at radius 1 is 0.621 bits per heavy atom. The summed E-state index contributed by atoms with van der Waals surface area (Å²) in [5.74, 6) is -12.8. The average molecular weight is 422 g/mol. The van der Waals surface area contributed by atoms with Gasteiger partial charge in [-0.3, -0.25) is 0 Å². The molecule has 0 aliphatic rings. The molecule has 0 unspecified atom stereocenters. The van der Waals surface area contributed by atoms with Crippen molar-refractivity contribution in [2.45, 2.75) is 6.11 Å². The fourth-order valence-corrected chi connectivity index (χ4v) is 2.52. The molecule has 0 atom stereocenters. The van der Waals surface area contributed by atoms with Crippen LogP contribution >= 0.6 is 0 Å². The van der Waals surface area contributed by atoms with Crippen LogP contribution in [0.2, 0.25) is 0 Å². The molecule has 0 fully saturated rings. The van der Waals surface area contributed by atoms with Gasteiger partial charge in [0, 0.05) is 23.8 Å². The zero-order chi connectivity index (χ0) is 21.5. The van der Waals surface area contributed by atoms with Gasteiger partial charge in [-0.25, -0.2) is 30.7 Å². The summed E-state index contributed by atoms with van der Waals surface area (Å²) < 4.78 is 127. The van der Waals surface area contributed by atoms with Gasteiger partial charge in [-0.2, -0.15) is 8.78 Å². The van der Waals surface area contributed by atoms with Crippen LogP contribution in [0.25, 0.3) is 11.1 Å². The van der Waals surface area contributed by atoms with E-state index in [2.05, 4.69) is 4.74 Å². The van der Waals surface area contributed by atoms with Gasteiger partial charge in [0.05, 0.1) is 0 Å². The lowest BCUT2D eigenvalue weighted by molar-refractivity contribution is -0.189. The van der Waals surface area contributed by atoms with Crippen LogP contribution in [-0.4, -0.2) is 0 Å². The Labute approximate surface area is 157 Å². The second-order valence-corrected chi connectivity index (χ2v) is 5.76. The first-order valence-electron chi connectivity index (χ1n) is 7.66. The van der Waals surface area contributed by atoms with Crippen molar-refractivity contribution in [1.29, 1.82) is 0 Å². The Morgan fingerprint density at radius 2 is 1.17 bits per heavy atom. The largest absolute Gasteiger partial charge is 0.432 e. The number of hydrogen-bond acceptors (Lipinski definition) is 1. The van der Waals surface area contributed by atoms with E-state index in [1.807, 2.05) is 0 Å². The average Bonchev–Trinajstić information content (AvgIpc) is 2.58. The first-order valence-corrected chi connectivity index (χ1v) is 7.66. The second-order valence-electron chi connectivity index (χ2n) is 5.76. The van der Waals surface area contributed by atoms with Gasteiger partial charge in [-0.05, 0) is 29.8 Å². The molecule has 0 saturated heterocycles. The third kappa shape index (κ3) is 4.01. The lowest BCUT2D eigenvalue weighted by Crippen LogP contribution is -2.25. The van der Waals surface area contributed by atoms with Crippen molar-refractivity contribution in [3.63, 3.8) is 0 Å². The lowest BCUT2D eigenvalue weighted by Gasteiger charge is -2.20. The number of benzene rings is 3. The monoisotopic (exact) mass is 422 g/mol. The summed E-state index contributed by atoms with van der Waals surface area (Å²) in [7, 11) is 0. The molecule has 0 spiro atoms. The fourth-order valence-electron chi connectivity index (χ4n) is 2.52. The van der Waals surface area contributed by atoms with E-state index in [0.29, 0.717) is 18.2 Å². The van der Waals surface area contributed by atoms with Gasteiger partial charge >= 0.3 is 6.11 Å². The Balaban J connectivity index is 2.02. The first-order chi connectivity index (χ1) is 13.5. The summed E-state index contributed by atoms with van der Waals surface area (Å²) in [6, 6.07) is 2.87. The Kier molecular flexibility index (Phi) is 5.20. The SMILES string of the molecule is Fc1ccc(-c2cc(F)c(C(F)(F)Oc3cc(F)c(F)c(F)c3)c(F)c2)c(F)c1. The van der Waals surface area contributed by atoms with E-state index in [1.54, 1.807) is 0 Å². The van der Waals surface area contributed by atoms with Crippen LogP contribution in [0.5, 0.6) is 5.75 Å². The number of halogens is 9. The Bertz CT molecular complexity index is 1050. The van der Waals surface area contributed by atoms with Gasteiger partial charge in [0.1, 0.15) is 34.6 Å². The number of rotatable bonds is 4. The maximum Gasteiger partial charge on any atom is 0.432 e. The smallest absolute Gasteiger partial charge is 0.429 e. The summed E-state index contributed by atoms with van der Waals surface area (Å²) in [4.78, 5) is 0. The molecule has 0 heterocycles. The summed E-state index contributed by atoms with van der Waals surface area (Å²) in [6.45, 7) is 0. The molecular formula is C19H7F9O. The van der Waals surface area contributed by atoms with E-state index in [0.717, 1.165) is 12.1 Å². The van der Waals surface area contributed by atoms with E-state index >= 15 is 0 Å². The van der Waals surface area contributed by atoms with Crippen LogP contribution in [0.3, 0.4) is 0 Å². The minimum absolute atomic E-state index is 0.0599. The fraction of sp³-hybridized carbons (Fsp3) is 0.0526. The third-order valence-electron chi connectivity index (χ3n) is 3.78. The molecule has 1 nitrogen and oxygen atoms in total. The highest BCUT2D eigenvalue weighted by Crippen LogP contribution is 2.38. The maximum atomic E-state index is 14.2. The molecule has 0 radical (unpaired) electrons. The van der Waals surface area contributed by atoms with Crippen molar-refractivity contribution in [3.05, 3.63) is 88.7 Å². The second kappa shape index (κ2) is 7.34. The van der Waals surface area contributed by atoms with Gasteiger partial charge in [-0.15, -0.1) is 0 Å². The van der Waals surface area contributed by atoms with E-state index in [4.69, 9.17) is 0 Å². The predicted molar refractivity (Wildman–Crippen MR) is 82.5 cm³/mol. The molecule has 3 aromatic carbocycles. The highest BCUT2D eigenvalue weighted by atomic mass is 19.3. The number of ether oxygens (including phenoxy) is 1. The molecule has 0 aliphatic heterocycles. The van der Waals surface area contributed by atoms with E-state index < -0.39 is 69.3 Å². The highest BCUT2D eigenvalue weighted by Gasteiger charge is 2.41. The third-order valence-corrected chi connectivity index (χ3v) is 3.78. The zero-order valence-corrected chi connectivity index (χ0v) is 13.9. The summed E-state index contributed by atoms with van der Waals surface area (Å²) >= 11 is 0. The topological polar surface area (TPSA) is 9.23 Å². The van der Waals surface area contributed by atoms with Gasteiger partial charge in [-0.1, -0.05) is 0 Å². The molecule has 0 aliphatic carbocycles. The van der Waals surface area contributed by atoms with Crippen LogP contribution in [0.1, 0.15) is 5.56 Å². The number of hydrogen-bond donors (Lipinski definition) is 0. The molecule has 10 heteroatoms. The molecule has 3 aromatic rings. The molecular weight excluding hydrogens is 415 g/mol. The molecule has 29 heavy (non-hydrogen) atoms. The molecule has 152 valence electrons. The van der Waals surface area contributed by atoms with Crippen LogP contribution in [0, 0.1) is 40.7 Å². The summed E-state index contributed by atoms with van der Waals surface area (Å²) in [6.07, 6.45) is -4.77. The normalized spacial score (nSPS) is 11.6. The van der Waals surface area contributed by atoms with Crippen LogP contribution < -0.4 is 4.74 Å². The van der Waals surface area contributed by atoms with Gasteiger partial charge < -0.3 is 4.74 Å². The molecule has 0 N–H and O–H groups in total. The van der Waals surface area contributed by atoms with Crippen molar-refractivity contribution in [1.82, 2.24) is 0 Å². The van der Waals surface area contributed by atoms with Gasteiger partial charge in [0.25, 0.3) is 0 Å². The van der Waals surface area contributed by atoms with Crippen molar-refractivity contribution >= 4 is 0 Å². The Morgan fingerprint density at radius 3 is 1.69 bits per heavy atom. The molecule has 0 amide bonds. The van der Waals surface area contributed by atoms with Crippen molar-refractivity contribution < 1.29 is 44.3 Å². The van der Waals surface area contributed by atoms with Gasteiger partial charge in [0.15, 0.2) is 17.5 Å². The van der Waals surface area contributed by atoms with Crippen molar-refractivity contribution in [2.24, 2.45) is 0 Å². The van der Waals surface area contributed by atoms with Crippen molar-refractivity contribution in [2.75, 3.05) is 0 Å². The molecule has 0 aromatic heterocycles. The summed E-state index contributed by atoms with van der Waals surface area (Å²) in [5.41, 5.74) is -2.92. The zero-order valence-electron chi connectivity index (χ0n) is 13.9. The van der Waals surface area contributed by atoms with E-state index in [1.165, 1.54) is 0 Å². The van der Waals surface area contributed by atoms with Crippen molar-refractivity contribution in [3.8, 4) is 16.9 Å². The minimum Gasteiger partial charge on any atom is -0.429 e. The quantitative estimate of drug-likeness (QED) is 0.347. The molecule has 0 saturated carbocycles. The lowest BCUT2D eigenvalue weighted by atomic mass is 10.0. The standard InChI is InChI=1S/C19H7F9O/c20-9-1-2-11(12(21)5-9)8-3-13(22)17(14(23)4-8)19(27,28)29-10-6-15(24)18(26)16(25)7-10/h1-7H.